The zero-order valence-electron chi connectivity index (χ0n) is 15.2. The van der Waals surface area contributed by atoms with Crippen molar-refractivity contribution in [1.29, 1.82) is 0 Å². The Labute approximate surface area is 172 Å². The van der Waals surface area contributed by atoms with E-state index in [1.807, 2.05) is 0 Å². The molecule has 3 rings (SSSR count). The van der Waals surface area contributed by atoms with Crippen LogP contribution in [0.2, 0.25) is 5.02 Å². The molecule has 28 heavy (non-hydrogen) atoms. The molecule has 1 N–H and O–H groups in total. The molecule has 0 bridgehead atoms. The Morgan fingerprint density at radius 1 is 1.18 bits per heavy atom. The molecule has 2 heterocycles. The number of carbonyl (C=O) groups excluding carboxylic acids is 4. The predicted molar refractivity (Wildman–Crippen MR) is 108 cm³/mol. The van der Waals surface area contributed by atoms with Crippen molar-refractivity contribution in [3.05, 3.63) is 39.8 Å². The molecule has 0 aromatic heterocycles. The second kappa shape index (κ2) is 9.25. The van der Waals surface area contributed by atoms with E-state index in [2.05, 4.69) is 5.32 Å². The highest BCUT2D eigenvalue weighted by molar-refractivity contribution is 8.18. The number of likely N-dealkylation sites (tertiary alicyclic amines) is 1. The summed E-state index contributed by atoms with van der Waals surface area (Å²) in [6.07, 6.45) is 3.24. The topological polar surface area (TPSA) is 86.8 Å². The number of benzene rings is 1. The number of thioether (sulfide) groups is 1. The van der Waals surface area contributed by atoms with E-state index < -0.39 is 0 Å². The van der Waals surface area contributed by atoms with Gasteiger partial charge in [0.25, 0.3) is 11.1 Å². The van der Waals surface area contributed by atoms with Crippen LogP contribution >= 0.6 is 23.4 Å². The predicted octanol–water partition coefficient (Wildman–Crippen LogP) is 2.51. The third-order valence-electron chi connectivity index (χ3n) is 4.48. The first kappa shape index (κ1) is 20.4. The summed E-state index contributed by atoms with van der Waals surface area (Å²) in [5.41, 5.74) is 0.777. The van der Waals surface area contributed by atoms with E-state index in [1.165, 1.54) is 0 Å². The summed E-state index contributed by atoms with van der Waals surface area (Å²) >= 11 is 6.72. The normalized spacial score (nSPS) is 18.5. The van der Waals surface area contributed by atoms with E-state index in [0.717, 1.165) is 28.6 Å². The van der Waals surface area contributed by atoms with Gasteiger partial charge in [0, 0.05) is 44.0 Å². The highest BCUT2D eigenvalue weighted by atomic mass is 35.5. The van der Waals surface area contributed by atoms with Gasteiger partial charge in [-0.2, -0.15) is 0 Å². The number of carbonyl (C=O) groups is 4. The van der Waals surface area contributed by atoms with Gasteiger partial charge >= 0.3 is 0 Å². The van der Waals surface area contributed by atoms with Crippen LogP contribution in [0.1, 0.15) is 24.8 Å². The number of rotatable bonds is 7. The van der Waals surface area contributed by atoms with Gasteiger partial charge in [-0.1, -0.05) is 23.7 Å². The van der Waals surface area contributed by atoms with Gasteiger partial charge in [-0.15, -0.1) is 0 Å². The second-order valence-electron chi connectivity index (χ2n) is 6.47. The Balaban J connectivity index is 1.46. The fourth-order valence-electron chi connectivity index (χ4n) is 2.98. The number of halogens is 1. The molecule has 0 atom stereocenters. The van der Waals surface area contributed by atoms with Crippen LogP contribution in [0.25, 0.3) is 6.08 Å². The summed E-state index contributed by atoms with van der Waals surface area (Å²) < 4.78 is 0. The third kappa shape index (κ3) is 5.14. The van der Waals surface area contributed by atoms with E-state index in [-0.39, 0.29) is 42.5 Å². The summed E-state index contributed by atoms with van der Waals surface area (Å²) in [6.45, 7) is 1.38. The number of hydrogen-bond acceptors (Lipinski definition) is 5. The molecule has 2 aliphatic rings. The van der Waals surface area contributed by atoms with Crippen LogP contribution in [0, 0.1) is 0 Å². The van der Waals surface area contributed by atoms with Crippen LogP contribution in [-0.2, 0) is 14.4 Å². The number of hydrogen-bond donors (Lipinski definition) is 1. The maximum absolute atomic E-state index is 12.4. The van der Waals surface area contributed by atoms with Gasteiger partial charge in [-0.25, -0.2) is 0 Å². The Bertz CT molecular complexity index is 825. The van der Waals surface area contributed by atoms with Gasteiger partial charge in [0.05, 0.1) is 4.91 Å². The summed E-state index contributed by atoms with van der Waals surface area (Å²) in [7, 11) is 0. The van der Waals surface area contributed by atoms with Crippen molar-refractivity contribution in [2.45, 2.75) is 19.3 Å². The van der Waals surface area contributed by atoms with E-state index in [0.29, 0.717) is 29.4 Å². The van der Waals surface area contributed by atoms with Gasteiger partial charge < -0.3 is 10.2 Å². The minimum atomic E-state index is -0.373. The first-order valence-electron chi connectivity index (χ1n) is 8.99. The first-order chi connectivity index (χ1) is 13.4. The highest BCUT2D eigenvalue weighted by Gasteiger charge is 2.34. The lowest BCUT2D eigenvalue weighted by molar-refractivity contribution is -0.129. The van der Waals surface area contributed by atoms with Crippen molar-refractivity contribution in [3.63, 3.8) is 0 Å². The van der Waals surface area contributed by atoms with Crippen LogP contribution in [0.5, 0.6) is 0 Å². The zero-order chi connectivity index (χ0) is 20.1. The van der Waals surface area contributed by atoms with Crippen LogP contribution in [-0.4, -0.2) is 58.9 Å². The lowest BCUT2D eigenvalue weighted by Crippen LogP contribution is -2.38. The van der Waals surface area contributed by atoms with Crippen molar-refractivity contribution < 1.29 is 19.2 Å². The SMILES string of the molecule is O=C(CCN1CCCC1=O)NCCN1C(=O)S/C(=C\c2ccc(Cl)cc2)C1=O. The van der Waals surface area contributed by atoms with E-state index in [1.54, 1.807) is 35.2 Å². The Hall–Kier alpha value is -2.32. The monoisotopic (exact) mass is 421 g/mol. The minimum absolute atomic E-state index is 0.0816. The molecule has 2 aliphatic heterocycles. The Morgan fingerprint density at radius 2 is 1.93 bits per heavy atom. The number of nitrogens with one attached hydrogen (secondary N) is 1. The number of amides is 4. The smallest absolute Gasteiger partial charge is 0.293 e. The summed E-state index contributed by atoms with van der Waals surface area (Å²) in [5.74, 6) is -0.497. The molecule has 148 valence electrons. The molecule has 7 nitrogen and oxygen atoms in total. The van der Waals surface area contributed by atoms with Gasteiger partial charge in [0.2, 0.25) is 11.8 Å². The standard InChI is InChI=1S/C19H20ClN3O4S/c20-14-5-3-13(4-6-14)12-15-18(26)23(19(27)28-15)11-8-21-16(24)7-10-22-9-1-2-17(22)25/h3-6,12H,1-2,7-11H2,(H,21,24)/b15-12-. The summed E-state index contributed by atoms with van der Waals surface area (Å²) in [5, 5.41) is 2.93. The highest BCUT2D eigenvalue weighted by Crippen LogP contribution is 2.32. The molecule has 2 fully saturated rings. The fourth-order valence-corrected chi connectivity index (χ4v) is 3.97. The van der Waals surface area contributed by atoms with Crippen LogP contribution in [0.15, 0.2) is 29.2 Å². The number of imide groups is 1. The van der Waals surface area contributed by atoms with Gasteiger partial charge in [0.1, 0.15) is 0 Å². The average Bonchev–Trinajstić information content (AvgIpc) is 3.19. The molecular weight excluding hydrogens is 402 g/mol. The fraction of sp³-hybridized carbons (Fsp3) is 0.368. The molecule has 0 spiro atoms. The quantitative estimate of drug-likeness (QED) is 0.683. The summed E-state index contributed by atoms with van der Waals surface area (Å²) in [4.78, 5) is 51.1. The van der Waals surface area contributed by atoms with Crippen molar-refractivity contribution in [2.75, 3.05) is 26.2 Å². The van der Waals surface area contributed by atoms with Crippen LogP contribution < -0.4 is 5.32 Å². The Morgan fingerprint density at radius 3 is 2.61 bits per heavy atom. The molecule has 1 aromatic rings. The molecule has 0 unspecified atom stereocenters. The lowest BCUT2D eigenvalue weighted by atomic mass is 10.2. The Kier molecular flexibility index (Phi) is 6.74. The van der Waals surface area contributed by atoms with Gasteiger partial charge in [0.15, 0.2) is 0 Å². The molecule has 1 aromatic carbocycles. The molecule has 4 amide bonds. The van der Waals surface area contributed by atoms with E-state index in [4.69, 9.17) is 11.6 Å². The van der Waals surface area contributed by atoms with Gasteiger partial charge in [-0.05, 0) is 42.0 Å². The molecule has 0 aliphatic carbocycles. The van der Waals surface area contributed by atoms with Crippen molar-refractivity contribution in [2.24, 2.45) is 0 Å². The molecule has 0 saturated carbocycles. The maximum Gasteiger partial charge on any atom is 0.293 e. The largest absolute Gasteiger partial charge is 0.354 e. The minimum Gasteiger partial charge on any atom is -0.354 e. The third-order valence-corrected chi connectivity index (χ3v) is 5.64. The molecule has 0 radical (unpaired) electrons. The first-order valence-corrected chi connectivity index (χ1v) is 10.2. The van der Waals surface area contributed by atoms with Crippen LogP contribution in [0.4, 0.5) is 4.79 Å². The zero-order valence-corrected chi connectivity index (χ0v) is 16.7. The lowest BCUT2D eigenvalue weighted by Gasteiger charge is -2.16. The second-order valence-corrected chi connectivity index (χ2v) is 7.90. The van der Waals surface area contributed by atoms with Crippen molar-refractivity contribution in [1.82, 2.24) is 15.1 Å². The molecular formula is C19H20ClN3O4S. The van der Waals surface area contributed by atoms with E-state index >= 15 is 0 Å². The van der Waals surface area contributed by atoms with Crippen molar-refractivity contribution >= 4 is 52.4 Å². The van der Waals surface area contributed by atoms with Gasteiger partial charge in [-0.3, -0.25) is 24.1 Å². The van der Waals surface area contributed by atoms with Crippen LogP contribution in [0.3, 0.4) is 0 Å². The summed E-state index contributed by atoms with van der Waals surface area (Å²) in [6, 6.07) is 6.95. The van der Waals surface area contributed by atoms with Crippen molar-refractivity contribution in [3.8, 4) is 0 Å². The molecule has 9 heteroatoms. The number of nitrogens with zero attached hydrogens (tertiary/aromatic N) is 2. The van der Waals surface area contributed by atoms with E-state index in [9.17, 15) is 19.2 Å². The average molecular weight is 422 g/mol. The molecule has 2 saturated heterocycles. The maximum atomic E-state index is 12.4.